The van der Waals surface area contributed by atoms with Gasteiger partial charge in [0.1, 0.15) is 0 Å². The molecular formula is C48H36N2. The van der Waals surface area contributed by atoms with Gasteiger partial charge in [0, 0.05) is 44.0 Å². The van der Waals surface area contributed by atoms with Crippen LogP contribution >= 0.6 is 0 Å². The zero-order valence-corrected chi connectivity index (χ0v) is 28.7. The predicted molar refractivity (Wildman–Crippen MR) is 209 cm³/mol. The van der Waals surface area contributed by atoms with Crippen molar-refractivity contribution in [2.45, 2.75) is 38.5 Å². The molecule has 0 unspecified atom stereocenters. The third-order valence-corrected chi connectivity index (χ3v) is 12.0. The van der Waals surface area contributed by atoms with Gasteiger partial charge in [-0.1, -0.05) is 119 Å². The zero-order chi connectivity index (χ0) is 33.5. The molecule has 50 heavy (non-hydrogen) atoms. The fraction of sp³-hybridized carbons (Fsp3) is 0.125. The van der Waals surface area contributed by atoms with Crippen LogP contribution in [0.4, 0.5) is 0 Å². The SMILES string of the molecule is CC1(C)C2=c3cc(C4=c5ccc(-c6ccccc6)cc5=C5C4=Cc4[nH]c6ccccc6c4C5(C)C)ccc3=CC2=Cc2[nH]c3ccccc3c21. The highest BCUT2D eigenvalue weighted by Gasteiger charge is 2.41. The van der Waals surface area contributed by atoms with Crippen LogP contribution in [0.1, 0.15) is 55.8 Å². The van der Waals surface area contributed by atoms with E-state index in [0.29, 0.717) is 0 Å². The fourth-order valence-electron chi connectivity index (χ4n) is 10.0. The Hall–Kier alpha value is -5.86. The molecule has 4 aliphatic rings. The molecule has 0 saturated carbocycles. The third kappa shape index (κ3) is 3.53. The van der Waals surface area contributed by atoms with Crippen LogP contribution in [-0.4, -0.2) is 9.97 Å². The van der Waals surface area contributed by atoms with Gasteiger partial charge in [-0.3, -0.25) is 0 Å². The van der Waals surface area contributed by atoms with E-state index >= 15 is 0 Å². The molecule has 0 bridgehead atoms. The van der Waals surface area contributed by atoms with Gasteiger partial charge >= 0.3 is 0 Å². The standard InChI is InChI=1S/C48H36N2/c1-47(2)43-31(25-40-45(47)33-14-8-10-16-38(33)49-40)22-29-18-19-30(24-35(29)43)42-32-21-20-28(27-12-6-5-7-13-27)23-36(32)44-37(42)26-41-46(48(44,3)4)34-15-9-11-17-39(34)50-41/h5-26,49-50H,1-4H3. The lowest BCUT2D eigenvalue weighted by atomic mass is 9.69. The van der Waals surface area contributed by atoms with Crippen LogP contribution < -0.4 is 20.9 Å². The summed E-state index contributed by atoms with van der Waals surface area (Å²) in [5.74, 6) is 0. The molecular weight excluding hydrogens is 605 g/mol. The van der Waals surface area contributed by atoms with E-state index in [1.165, 1.54) is 110 Å². The Labute approximate surface area is 290 Å². The molecule has 7 aromatic rings. The largest absolute Gasteiger partial charge is 0.355 e. The quantitative estimate of drug-likeness (QED) is 0.190. The number of hydrogen-bond donors (Lipinski definition) is 2. The number of aromatic amines is 2. The summed E-state index contributed by atoms with van der Waals surface area (Å²) in [5.41, 5.74) is 17.9. The number of benzene rings is 5. The van der Waals surface area contributed by atoms with Crippen molar-refractivity contribution in [1.29, 1.82) is 0 Å². The monoisotopic (exact) mass is 640 g/mol. The number of rotatable bonds is 2. The minimum atomic E-state index is -0.211. The summed E-state index contributed by atoms with van der Waals surface area (Å²) in [6.07, 6.45) is 7.20. The van der Waals surface area contributed by atoms with E-state index in [-0.39, 0.29) is 10.8 Å². The van der Waals surface area contributed by atoms with Crippen molar-refractivity contribution >= 4 is 56.8 Å². The van der Waals surface area contributed by atoms with Crippen LogP contribution in [0.5, 0.6) is 0 Å². The molecule has 0 atom stereocenters. The first-order chi connectivity index (χ1) is 24.3. The van der Waals surface area contributed by atoms with Gasteiger partial charge in [0.25, 0.3) is 0 Å². The van der Waals surface area contributed by atoms with Crippen LogP contribution in [0.15, 0.2) is 126 Å². The number of para-hydroxylation sites is 2. The Morgan fingerprint density at radius 3 is 1.78 bits per heavy atom. The molecule has 0 amide bonds. The van der Waals surface area contributed by atoms with Crippen LogP contribution in [-0.2, 0) is 10.8 Å². The summed E-state index contributed by atoms with van der Waals surface area (Å²) in [7, 11) is 0. The minimum absolute atomic E-state index is 0.162. The lowest BCUT2D eigenvalue weighted by molar-refractivity contribution is 0.691. The van der Waals surface area contributed by atoms with E-state index in [2.05, 4.69) is 171 Å². The van der Waals surface area contributed by atoms with Gasteiger partial charge in [0.15, 0.2) is 0 Å². The first-order valence-electron chi connectivity index (χ1n) is 17.8. The van der Waals surface area contributed by atoms with Crippen molar-refractivity contribution in [1.82, 2.24) is 9.97 Å². The van der Waals surface area contributed by atoms with Crippen molar-refractivity contribution in [3.8, 4) is 11.1 Å². The maximum absolute atomic E-state index is 3.81. The van der Waals surface area contributed by atoms with Crippen molar-refractivity contribution in [3.63, 3.8) is 0 Å². The second-order valence-corrected chi connectivity index (χ2v) is 15.5. The van der Waals surface area contributed by atoms with Gasteiger partial charge < -0.3 is 9.97 Å². The second-order valence-electron chi connectivity index (χ2n) is 15.5. The summed E-state index contributed by atoms with van der Waals surface area (Å²) in [4.78, 5) is 7.53. The van der Waals surface area contributed by atoms with Gasteiger partial charge in [-0.15, -0.1) is 0 Å². The van der Waals surface area contributed by atoms with E-state index in [4.69, 9.17) is 0 Å². The normalized spacial score (nSPS) is 17.4. The summed E-state index contributed by atoms with van der Waals surface area (Å²) in [6.45, 7) is 9.65. The summed E-state index contributed by atoms with van der Waals surface area (Å²) >= 11 is 0. The highest BCUT2D eigenvalue weighted by Crippen LogP contribution is 2.51. The van der Waals surface area contributed by atoms with Gasteiger partial charge in [0.2, 0.25) is 0 Å². The van der Waals surface area contributed by atoms with Crippen LogP contribution in [0.25, 0.3) is 67.9 Å². The lowest BCUT2D eigenvalue weighted by Crippen LogP contribution is -2.32. The molecule has 0 aliphatic heterocycles. The molecule has 2 heterocycles. The van der Waals surface area contributed by atoms with Crippen molar-refractivity contribution in [2.24, 2.45) is 0 Å². The van der Waals surface area contributed by atoms with Crippen molar-refractivity contribution in [3.05, 3.63) is 175 Å². The summed E-state index contributed by atoms with van der Waals surface area (Å²) < 4.78 is 0. The molecule has 2 nitrogen and oxygen atoms in total. The fourth-order valence-corrected chi connectivity index (χ4v) is 10.0. The van der Waals surface area contributed by atoms with E-state index in [1.54, 1.807) is 0 Å². The molecule has 238 valence electrons. The van der Waals surface area contributed by atoms with E-state index in [1.807, 2.05) is 0 Å². The zero-order valence-electron chi connectivity index (χ0n) is 28.7. The Kier molecular flexibility index (Phi) is 5.28. The third-order valence-electron chi connectivity index (χ3n) is 12.0. The van der Waals surface area contributed by atoms with Crippen molar-refractivity contribution in [2.75, 3.05) is 0 Å². The number of H-pyrrole nitrogens is 2. The average Bonchev–Trinajstić information content (AvgIpc) is 3.87. The Bertz CT molecular complexity index is 3010. The molecule has 2 aromatic heterocycles. The topological polar surface area (TPSA) is 31.6 Å². The number of fused-ring (bicyclic) bond motifs is 10. The number of hydrogen-bond acceptors (Lipinski definition) is 0. The molecule has 2 N–H and O–H groups in total. The summed E-state index contributed by atoms with van der Waals surface area (Å²) in [5, 5.41) is 7.94. The van der Waals surface area contributed by atoms with Crippen LogP contribution in [0.2, 0.25) is 0 Å². The minimum Gasteiger partial charge on any atom is -0.355 e. The second kappa shape index (κ2) is 9.43. The molecule has 0 fully saturated rings. The van der Waals surface area contributed by atoms with Gasteiger partial charge in [-0.05, 0) is 119 Å². The number of aromatic nitrogens is 2. The number of allylic oxidation sites excluding steroid dienone is 2. The first kappa shape index (κ1) is 28.0. The predicted octanol–water partition coefficient (Wildman–Crippen LogP) is 8.37. The average molecular weight is 641 g/mol. The molecule has 5 aromatic carbocycles. The molecule has 0 radical (unpaired) electrons. The van der Waals surface area contributed by atoms with Crippen molar-refractivity contribution < 1.29 is 0 Å². The first-order valence-corrected chi connectivity index (χ1v) is 17.8. The molecule has 0 spiro atoms. The maximum Gasteiger partial charge on any atom is 0.0461 e. The molecule has 4 aliphatic carbocycles. The number of nitrogens with one attached hydrogen (secondary N) is 2. The highest BCUT2D eigenvalue weighted by atomic mass is 14.7. The smallest absolute Gasteiger partial charge is 0.0461 e. The molecule has 2 heteroatoms. The van der Waals surface area contributed by atoms with E-state index < -0.39 is 0 Å². The van der Waals surface area contributed by atoms with Crippen LogP contribution in [0, 0.1) is 0 Å². The van der Waals surface area contributed by atoms with E-state index in [9.17, 15) is 0 Å². The van der Waals surface area contributed by atoms with Crippen LogP contribution in [0.3, 0.4) is 0 Å². The van der Waals surface area contributed by atoms with Gasteiger partial charge in [-0.2, -0.15) is 0 Å². The Balaban J connectivity index is 1.21. The molecule has 11 rings (SSSR count). The summed E-state index contributed by atoms with van der Waals surface area (Å²) in [6, 6.07) is 42.7. The Morgan fingerprint density at radius 2 is 1.06 bits per heavy atom. The maximum atomic E-state index is 3.81. The lowest BCUT2D eigenvalue weighted by Gasteiger charge is -2.34. The van der Waals surface area contributed by atoms with E-state index in [0.717, 1.165) is 0 Å². The Morgan fingerprint density at radius 1 is 0.460 bits per heavy atom. The molecule has 0 saturated heterocycles. The van der Waals surface area contributed by atoms with Gasteiger partial charge in [0.05, 0.1) is 0 Å². The highest BCUT2D eigenvalue weighted by molar-refractivity contribution is 6.09. The van der Waals surface area contributed by atoms with Gasteiger partial charge in [-0.25, -0.2) is 0 Å².